The van der Waals surface area contributed by atoms with Crippen molar-refractivity contribution in [3.05, 3.63) is 24.3 Å². The molecule has 0 spiro atoms. The van der Waals surface area contributed by atoms with Gasteiger partial charge < -0.3 is 10.2 Å². The van der Waals surface area contributed by atoms with Crippen molar-refractivity contribution < 1.29 is 10.2 Å². The van der Waals surface area contributed by atoms with Crippen LogP contribution in [0.4, 0.5) is 11.4 Å². The topological polar surface area (TPSA) is 65.2 Å². The number of rotatable bonds is 2. The summed E-state index contributed by atoms with van der Waals surface area (Å²) in [6.07, 6.45) is 3.96. The Labute approximate surface area is 180 Å². The van der Waals surface area contributed by atoms with Gasteiger partial charge in [-0.3, -0.25) is 9.98 Å². The van der Waals surface area contributed by atoms with Crippen LogP contribution in [0.5, 0.6) is 0 Å². The Balaban J connectivity index is 1.36. The Morgan fingerprint density at radius 2 is 1.00 bits per heavy atom. The van der Waals surface area contributed by atoms with E-state index in [1.807, 2.05) is 38.1 Å². The van der Waals surface area contributed by atoms with Crippen molar-refractivity contribution in [2.75, 3.05) is 0 Å². The number of fused-ring (bicyclic) bond motifs is 4. The lowest BCUT2D eigenvalue weighted by atomic mass is 9.44. The maximum Gasteiger partial charge on any atom is 0.103 e. The van der Waals surface area contributed by atoms with Crippen LogP contribution in [-0.4, -0.2) is 32.8 Å². The second-order valence-corrected chi connectivity index (χ2v) is 11.9. The van der Waals surface area contributed by atoms with Crippen molar-refractivity contribution in [1.29, 1.82) is 0 Å². The van der Waals surface area contributed by atoms with E-state index in [1.165, 1.54) is 0 Å². The van der Waals surface area contributed by atoms with Gasteiger partial charge in [0.1, 0.15) is 11.2 Å². The third kappa shape index (κ3) is 2.65. The minimum Gasteiger partial charge on any atom is -0.384 e. The van der Waals surface area contributed by atoms with Gasteiger partial charge in [0.05, 0.1) is 22.8 Å². The summed E-state index contributed by atoms with van der Waals surface area (Å²) in [6.45, 7) is 13.0. The van der Waals surface area contributed by atoms with Gasteiger partial charge in [0.2, 0.25) is 0 Å². The van der Waals surface area contributed by atoms with E-state index in [0.29, 0.717) is 11.8 Å². The molecule has 4 heteroatoms. The van der Waals surface area contributed by atoms with Crippen LogP contribution in [0.1, 0.15) is 67.2 Å². The van der Waals surface area contributed by atoms with Crippen molar-refractivity contribution in [1.82, 2.24) is 0 Å². The molecule has 0 aliphatic heterocycles. The molecule has 30 heavy (non-hydrogen) atoms. The zero-order chi connectivity index (χ0) is 21.7. The molecule has 6 atom stereocenters. The summed E-state index contributed by atoms with van der Waals surface area (Å²) >= 11 is 0. The molecule has 7 rings (SSSR count). The Morgan fingerprint density at radius 3 is 1.27 bits per heavy atom. The molecule has 4 bridgehead atoms. The van der Waals surface area contributed by atoms with Gasteiger partial charge >= 0.3 is 0 Å². The molecule has 162 valence electrons. The standard InChI is InChI=1S/C26H36N2O2/c1-23(2)15-11-19(23)25(5,29)21(13-15)27-17-7-9-18(10-8-17)28-22-14-16-12-20(24(16,3)4)26(22,6)30/h7-10,15-16,19-20,29-30H,11-14H2,1-6H3/t15-,16-,19-,20-,25-,26-/m0/s1. The van der Waals surface area contributed by atoms with E-state index in [2.05, 4.69) is 27.7 Å². The summed E-state index contributed by atoms with van der Waals surface area (Å²) in [6, 6.07) is 7.93. The average molecular weight is 409 g/mol. The number of hydrogen-bond acceptors (Lipinski definition) is 4. The molecule has 4 nitrogen and oxygen atoms in total. The van der Waals surface area contributed by atoms with Crippen molar-refractivity contribution >= 4 is 22.8 Å². The van der Waals surface area contributed by atoms with E-state index in [4.69, 9.17) is 9.98 Å². The highest BCUT2D eigenvalue weighted by atomic mass is 16.3. The molecule has 6 aliphatic carbocycles. The highest BCUT2D eigenvalue weighted by molar-refractivity contribution is 5.97. The van der Waals surface area contributed by atoms with E-state index in [-0.39, 0.29) is 22.7 Å². The quantitative estimate of drug-likeness (QED) is 0.682. The number of aliphatic imine (C=N–C) groups is 2. The lowest BCUT2D eigenvalue weighted by Crippen LogP contribution is -2.64. The number of hydrogen-bond donors (Lipinski definition) is 2. The fourth-order valence-electron chi connectivity index (χ4n) is 7.15. The van der Waals surface area contributed by atoms with Crippen LogP contribution in [-0.2, 0) is 0 Å². The monoisotopic (exact) mass is 408 g/mol. The molecule has 0 radical (unpaired) electrons. The van der Waals surface area contributed by atoms with Crippen LogP contribution in [0.15, 0.2) is 34.3 Å². The third-order valence-electron chi connectivity index (χ3n) is 9.72. The lowest BCUT2D eigenvalue weighted by Gasteiger charge is -2.62. The summed E-state index contributed by atoms with van der Waals surface area (Å²) in [7, 11) is 0. The van der Waals surface area contributed by atoms with E-state index < -0.39 is 11.2 Å². The van der Waals surface area contributed by atoms with Gasteiger partial charge in [-0.25, -0.2) is 0 Å². The summed E-state index contributed by atoms with van der Waals surface area (Å²) in [5, 5.41) is 22.3. The van der Waals surface area contributed by atoms with E-state index in [9.17, 15) is 10.2 Å². The molecule has 2 N–H and O–H groups in total. The lowest BCUT2D eigenvalue weighted by molar-refractivity contribution is -0.134. The molecular formula is C26H36N2O2. The van der Waals surface area contributed by atoms with E-state index >= 15 is 0 Å². The maximum atomic E-state index is 11.2. The molecule has 0 aromatic heterocycles. The van der Waals surface area contributed by atoms with Gasteiger partial charge in [-0.15, -0.1) is 0 Å². The highest BCUT2D eigenvalue weighted by Gasteiger charge is 2.62. The van der Waals surface area contributed by atoms with Gasteiger partial charge in [-0.05, 0) is 98.3 Å². The molecule has 0 amide bonds. The number of benzene rings is 1. The van der Waals surface area contributed by atoms with Gasteiger partial charge in [-0.2, -0.15) is 0 Å². The Morgan fingerprint density at radius 1 is 0.667 bits per heavy atom. The fraction of sp³-hybridized carbons (Fsp3) is 0.692. The van der Waals surface area contributed by atoms with Crippen LogP contribution < -0.4 is 0 Å². The zero-order valence-electron chi connectivity index (χ0n) is 19.2. The second-order valence-electron chi connectivity index (χ2n) is 11.9. The Kier molecular flexibility index (Phi) is 4.10. The predicted molar refractivity (Wildman–Crippen MR) is 122 cm³/mol. The molecule has 0 saturated heterocycles. The first kappa shape index (κ1) is 20.4. The van der Waals surface area contributed by atoms with Crippen LogP contribution in [0.2, 0.25) is 0 Å². The average Bonchev–Trinajstić information content (AvgIpc) is 2.64. The first-order valence-electron chi connectivity index (χ1n) is 11.6. The SMILES string of the molecule is CC1(C)[C@@H]2CC(=Nc3ccc(N=C4C[C@@H]5C[C@@H](C5(C)C)[C@]4(C)O)cc3)[C@@](C)(O)[C@H]1C2. The van der Waals surface area contributed by atoms with Crippen LogP contribution >= 0.6 is 0 Å². The van der Waals surface area contributed by atoms with Gasteiger partial charge in [0.15, 0.2) is 0 Å². The molecule has 0 unspecified atom stereocenters. The molecule has 6 aliphatic rings. The highest BCUT2D eigenvalue weighted by Crippen LogP contribution is 2.63. The largest absolute Gasteiger partial charge is 0.384 e. The molecule has 6 saturated carbocycles. The smallest absolute Gasteiger partial charge is 0.103 e. The normalized spacial score (nSPS) is 45.7. The maximum absolute atomic E-state index is 11.2. The minimum atomic E-state index is -0.828. The van der Waals surface area contributed by atoms with Crippen LogP contribution in [0.3, 0.4) is 0 Å². The van der Waals surface area contributed by atoms with Crippen LogP contribution in [0.25, 0.3) is 0 Å². The first-order chi connectivity index (χ1) is 13.8. The van der Waals surface area contributed by atoms with E-state index in [0.717, 1.165) is 48.5 Å². The first-order valence-corrected chi connectivity index (χ1v) is 11.6. The van der Waals surface area contributed by atoms with Crippen molar-refractivity contribution in [3.8, 4) is 0 Å². The summed E-state index contributed by atoms with van der Waals surface area (Å²) in [5.41, 5.74) is 2.32. The molecule has 1 aromatic rings. The van der Waals surface area contributed by atoms with Gasteiger partial charge in [0, 0.05) is 0 Å². The van der Waals surface area contributed by atoms with E-state index in [1.54, 1.807) is 0 Å². The third-order valence-corrected chi connectivity index (χ3v) is 9.72. The second kappa shape index (κ2) is 6.04. The summed E-state index contributed by atoms with van der Waals surface area (Å²) < 4.78 is 0. The number of nitrogens with zero attached hydrogens (tertiary/aromatic N) is 2. The molecular weight excluding hydrogens is 372 g/mol. The van der Waals surface area contributed by atoms with Crippen LogP contribution in [0, 0.1) is 34.5 Å². The minimum absolute atomic E-state index is 0.203. The Hall–Kier alpha value is -1.52. The fourth-order valence-corrected chi connectivity index (χ4v) is 7.15. The van der Waals surface area contributed by atoms with Crippen molar-refractivity contribution in [2.24, 2.45) is 44.5 Å². The Bertz CT molecular complexity index is 859. The van der Waals surface area contributed by atoms with Gasteiger partial charge in [-0.1, -0.05) is 27.7 Å². The number of aliphatic hydroxyl groups is 2. The molecule has 6 fully saturated rings. The zero-order valence-corrected chi connectivity index (χ0v) is 19.2. The van der Waals surface area contributed by atoms with Crippen molar-refractivity contribution in [2.45, 2.75) is 78.4 Å². The molecule has 0 heterocycles. The van der Waals surface area contributed by atoms with Gasteiger partial charge in [0.25, 0.3) is 0 Å². The predicted octanol–water partition coefficient (Wildman–Crippen LogP) is 5.47. The summed E-state index contributed by atoms with van der Waals surface area (Å²) in [5.74, 6) is 1.82. The van der Waals surface area contributed by atoms with Crippen molar-refractivity contribution in [3.63, 3.8) is 0 Å². The summed E-state index contributed by atoms with van der Waals surface area (Å²) in [4.78, 5) is 9.68. The molecule has 1 aromatic carbocycles.